The summed E-state index contributed by atoms with van der Waals surface area (Å²) >= 11 is 0. The van der Waals surface area contributed by atoms with Crippen LogP contribution in [0.5, 0.6) is 0 Å². The summed E-state index contributed by atoms with van der Waals surface area (Å²) in [5.74, 6) is 0.220. The number of esters is 2. The third-order valence-electron chi connectivity index (χ3n) is 9.52. The maximum atomic E-state index is 12.9. The first-order chi connectivity index (χ1) is 13.6. The van der Waals surface area contributed by atoms with Crippen LogP contribution in [0, 0.1) is 28.6 Å². The molecule has 6 heteroatoms. The van der Waals surface area contributed by atoms with E-state index >= 15 is 0 Å². The van der Waals surface area contributed by atoms with Gasteiger partial charge in [-0.1, -0.05) is 27.2 Å². The molecular weight excluding hydrogens is 372 g/mol. The fraction of sp³-hybridized carbons (Fsp3) is 0.913. The van der Waals surface area contributed by atoms with Crippen molar-refractivity contribution in [2.75, 3.05) is 7.11 Å². The second kappa shape index (κ2) is 5.76. The average molecular weight is 407 g/mol. The van der Waals surface area contributed by atoms with Crippen LogP contribution in [0.3, 0.4) is 0 Å². The summed E-state index contributed by atoms with van der Waals surface area (Å²) in [7, 11) is 1.48. The van der Waals surface area contributed by atoms with Gasteiger partial charge in [-0.25, -0.2) is 0 Å². The predicted molar refractivity (Wildman–Crippen MR) is 104 cm³/mol. The molecule has 5 fully saturated rings. The van der Waals surface area contributed by atoms with Crippen LogP contribution >= 0.6 is 0 Å². The van der Waals surface area contributed by atoms with E-state index in [0.29, 0.717) is 12.3 Å². The molecule has 6 nitrogen and oxygen atoms in total. The molecule has 3 saturated heterocycles. The first-order valence-electron chi connectivity index (χ1n) is 11.2. The molecule has 9 atom stereocenters. The Morgan fingerprint density at radius 1 is 1.07 bits per heavy atom. The van der Waals surface area contributed by atoms with Crippen molar-refractivity contribution in [1.29, 1.82) is 0 Å². The Morgan fingerprint density at radius 3 is 2.41 bits per heavy atom. The molecule has 29 heavy (non-hydrogen) atoms. The van der Waals surface area contributed by atoms with E-state index in [0.717, 1.165) is 25.7 Å². The van der Waals surface area contributed by atoms with E-state index in [1.165, 1.54) is 14.0 Å². The Hall–Kier alpha value is -1.14. The number of methoxy groups -OCH3 is 1. The SMILES string of the molecule is COC(=O)[C@]1(C)CCC[C@]2(C)[C@H]3C[C@@H]4O[C@@]3([C@H](OC(C)=O)C[C@H]21)[C@H]1O[C@@]41C(C)C. The number of fused-ring (bicyclic) bond motifs is 5. The second-order valence-electron chi connectivity index (χ2n) is 10.9. The quantitative estimate of drug-likeness (QED) is 0.529. The summed E-state index contributed by atoms with van der Waals surface area (Å²) in [6.07, 6.45) is 4.03. The lowest BCUT2D eigenvalue weighted by Crippen LogP contribution is -2.67. The summed E-state index contributed by atoms with van der Waals surface area (Å²) in [5.41, 5.74) is -1.45. The van der Waals surface area contributed by atoms with Gasteiger partial charge in [0.1, 0.15) is 23.4 Å². The van der Waals surface area contributed by atoms with E-state index in [9.17, 15) is 9.59 Å². The van der Waals surface area contributed by atoms with E-state index in [4.69, 9.17) is 18.9 Å². The van der Waals surface area contributed by atoms with Gasteiger partial charge in [-0.05, 0) is 49.9 Å². The highest BCUT2D eigenvalue weighted by Gasteiger charge is 2.88. The standard InChI is InChI=1S/C23H34O6/c1-12(2)22-17-11-15-20(4)8-7-9-21(5,19(25)26-6)14(20)10-16(27-13(3)24)23(15,28-17)18(22)29-22/h12,14-18H,7-11H2,1-6H3/t14-,15-,16-,17+,18+,20+,21-,22+,23+/m1/s1. The molecule has 0 radical (unpaired) electrons. The van der Waals surface area contributed by atoms with Gasteiger partial charge in [0.15, 0.2) is 0 Å². The van der Waals surface area contributed by atoms with Crippen LogP contribution in [-0.2, 0) is 28.5 Å². The minimum Gasteiger partial charge on any atom is -0.469 e. The van der Waals surface area contributed by atoms with Gasteiger partial charge < -0.3 is 18.9 Å². The van der Waals surface area contributed by atoms with E-state index < -0.39 is 11.0 Å². The minimum absolute atomic E-state index is 0.0211. The number of rotatable bonds is 3. The monoisotopic (exact) mass is 406 g/mol. The maximum absolute atomic E-state index is 12.9. The summed E-state index contributed by atoms with van der Waals surface area (Å²) in [5, 5.41) is 0. The van der Waals surface area contributed by atoms with Gasteiger partial charge in [0.2, 0.25) is 0 Å². The van der Waals surface area contributed by atoms with E-state index in [1.54, 1.807) is 0 Å². The normalized spacial score (nSPS) is 54.4. The van der Waals surface area contributed by atoms with Crippen molar-refractivity contribution >= 4 is 11.9 Å². The van der Waals surface area contributed by atoms with Gasteiger partial charge in [-0.3, -0.25) is 9.59 Å². The molecule has 0 aromatic carbocycles. The summed E-state index contributed by atoms with van der Waals surface area (Å²) in [6, 6.07) is 0. The minimum atomic E-state index is -0.583. The lowest BCUT2D eigenvalue weighted by atomic mass is 9.42. The largest absolute Gasteiger partial charge is 0.469 e. The molecule has 1 spiro atoms. The Morgan fingerprint density at radius 2 is 1.79 bits per heavy atom. The van der Waals surface area contributed by atoms with Gasteiger partial charge in [-0.15, -0.1) is 0 Å². The molecule has 5 aliphatic rings. The molecule has 3 aliphatic heterocycles. The topological polar surface area (TPSA) is 74.4 Å². The lowest BCUT2D eigenvalue weighted by Gasteiger charge is -2.62. The number of carbonyl (C=O) groups excluding carboxylic acids is 2. The van der Waals surface area contributed by atoms with E-state index in [1.807, 2.05) is 6.92 Å². The molecule has 0 N–H and O–H groups in total. The molecule has 3 heterocycles. The number of epoxide rings is 1. The molecule has 5 rings (SSSR count). The molecule has 162 valence electrons. The molecule has 0 unspecified atom stereocenters. The van der Waals surface area contributed by atoms with Crippen molar-refractivity contribution in [1.82, 2.24) is 0 Å². The molecule has 0 aromatic heterocycles. The van der Waals surface area contributed by atoms with Gasteiger partial charge in [0.25, 0.3) is 0 Å². The zero-order chi connectivity index (χ0) is 21.0. The van der Waals surface area contributed by atoms with Crippen molar-refractivity contribution in [2.24, 2.45) is 28.6 Å². The Bertz CT molecular complexity index is 764. The van der Waals surface area contributed by atoms with Crippen LogP contribution < -0.4 is 0 Å². The fourth-order valence-corrected chi connectivity index (χ4v) is 8.30. The van der Waals surface area contributed by atoms with Gasteiger partial charge in [-0.2, -0.15) is 0 Å². The number of hydrogen-bond donors (Lipinski definition) is 0. The highest BCUT2D eigenvalue weighted by Crippen LogP contribution is 2.76. The smallest absolute Gasteiger partial charge is 0.311 e. The predicted octanol–water partition coefficient (Wildman–Crippen LogP) is 3.26. The molecular formula is C23H34O6. The average Bonchev–Trinajstić information content (AvgIpc) is 3.24. The fourth-order valence-electron chi connectivity index (χ4n) is 8.30. The van der Waals surface area contributed by atoms with Crippen molar-refractivity contribution in [3.05, 3.63) is 0 Å². The second-order valence-corrected chi connectivity index (χ2v) is 10.9. The Kier molecular flexibility index (Phi) is 3.93. The number of ether oxygens (including phenoxy) is 4. The number of carbonyl (C=O) groups is 2. The van der Waals surface area contributed by atoms with Crippen molar-refractivity contribution in [2.45, 2.75) is 96.2 Å². The van der Waals surface area contributed by atoms with Gasteiger partial charge in [0, 0.05) is 12.8 Å². The summed E-state index contributed by atoms with van der Waals surface area (Å²) in [6.45, 7) is 10.2. The molecule has 2 bridgehead atoms. The van der Waals surface area contributed by atoms with Gasteiger partial charge in [0.05, 0.1) is 18.6 Å². The Balaban J connectivity index is 1.60. The van der Waals surface area contributed by atoms with Crippen molar-refractivity contribution < 1.29 is 28.5 Å². The van der Waals surface area contributed by atoms with Crippen LogP contribution in [-0.4, -0.2) is 48.6 Å². The first kappa shape index (κ1) is 19.8. The molecule has 0 amide bonds. The molecule has 2 saturated carbocycles. The highest BCUT2D eigenvalue weighted by molar-refractivity contribution is 5.77. The maximum Gasteiger partial charge on any atom is 0.311 e. The zero-order valence-electron chi connectivity index (χ0n) is 18.4. The summed E-state index contributed by atoms with van der Waals surface area (Å²) < 4.78 is 24.4. The number of hydrogen-bond acceptors (Lipinski definition) is 6. The lowest BCUT2D eigenvalue weighted by molar-refractivity contribution is -0.235. The first-order valence-corrected chi connectivity index (χ1v) is 11.2. The molecule has 0 aromatic rings. The zero-order valence-corrected chi connectivity index (χ0v) is 18.4. The Labute approximate surface area is 173 Å². The van der Waals surface area contributed by atoms with Crippen LogP contribution in [0.25, 0.3) is 0 Å². The third kappa shape index (κ3) is 2.10. The van der Waals surface area contributed by atoms with Crippen LogP contribution in [0.1, 0.15) is 66.7 Å². The summed E-state index contributed by atoms with van der Waals surface area (Å²) in [4.78, 5) is 25.0. The van der Waals surface area contributed by atoms with E-state index in [-0.39, 0.29) is 53.1 Å². The molecule has 2 aliphatic carbocycles. The van der Waals surface area contributed by atoms with Crippen molar-refractivity contribution in [3.63, 3.8) is 0 Å². The van der Waals surface area contributed by atoms with Gasteiger partial charge >= 0.3 is 11.9 Å². The van der Waals surface area contributed by atoms with Crippen LogP contribution in [0.2, 0.25) is 0 Å². The van der Waals surface area contributed by atoms with Crippen LogP contribution in [0.15, 0.2) is 0 Å². The van der Waals surface area contributed by atoms with Crippen molar-refractivity contribution in [3.8, 4) is 0 Å². The highest BCUT2D eigenvalue weighted by atomic mass is 16.7. The van der Waals surface area contributed by atoms with Crippen LogP contribution in [0.4, 0.5) is 0 Å². The van der Waals surface area contributed by atoms with E-state index in [2.05, 4.69) is 20.8 Å². The third-order valence-corrected chi connectivity index (χ3v) is 9.52.